The number of hydrogen-bond acceptors (Lipinski definition) is 5. The van der Waals surface area contributed by atoms with Gasteiger partial charge in [0.25, 0.3) is 5.91 Å². The summed E-state index contributed by atoms with van der Waals surface area (Å²) < 4.78 is 15.6. The van der Waals surface area contributed by atoms with E-state index < -0.39 is 18.0 Å². The molecule has 1 N–H and O–H groups in total. The number of benzene rings is 3. The predicted octanol–water partition coefficient (Wildman–Crippen LogP) is 4.31. The van der Waals surface area contributed by atoms with Crippen LogP contribution in [0.15, 0.2) is 78.9 Å². The van der Waals surface area contributed by atoms with Gasteiger partial charge >= 0.3 is 5.97 Å². The summed E-state index contributed by atoms with van der Waals surface area (Å²) in [4.78, 5) is 24.6. The van der Waals surface area contributed by atoms with E-state index >= 15 is 0 Å². The molecule has 6 nitrogen and oxygen atoms in total. The molecule has 0 fully saturated rings. The van der Waals surface area contributed by atoms with Gasteiger partial charge < -0.3 is 19.5 Å². The number of carbonyl (C=O) groups is 2. The first kappa shape index (κ1) is 20.9. The lowest BCUT2D eigenvalue weighted by Gasteiger charge is -2.16. The van der Waals surface area contributed by atoms with Crippen molar-refractivity contribution in [1.29, 1.82) is 0 Å². The van der Waals surface area contributed by atoms with E-state index in [1.54, 1.807) is 31.4 Å². The van der Waals surface area contributed by atoms with Crippen LogP contribution in [0.5, 0.6) is 11.5 Å². The minimum atomic E-state index is -0.971. The highest BCUT2D eigenvalue weighted by Crippen LogP contribution is 2.27. The summed E-state index contributed by atoms with van der Waals surface area (Å²) in [6.07, 6.45) is -0.971. The van der Waals surface area contributed by atoms with E-state index in [0.29, 0.717) is 17.2 Å². The van der Waals surface area contributed by atoms with E-state index in [9.17, 15) is 9.59 Å². The van der Waals surface area contributed by atoms with Crippen molar-refractivity contribution < 1.29 is 23.8 Å². The summed E-state index contributed by atoms with van der Waals surface area (Å²) >= 11 is 0. The van der Waals surface area contributed by atoms with Crippen molar-refractivity contribution in [2.24, 2.45) is 0 Å². The highest BCUT2D eigenvalue weighted by Gasteiger charge is 2.19. The Balaban J connectivity index is 1.55. The molecule has 0 heterocycles. The largest absolute Gasteiger partial charge is 0.497 e. The Morgan fingerprint density at radius 2 is 1.50 bits per heavy atom. The molecule has 1 amide bonds. The quantitative estimate of drug-likeness (QED) is 0.565. The predicted molar refractivity (Wildman–Crippen MR) is 115 cm³/mol. The van der Waals surface area contributed by atoms with Gasteiger partial charge in [-0.25, -0.2) is 4.79 Å². The summed E-state index contributed by atoms with van der Waals surface area (Å²) in [6, 6.07) is 24.0. The highest BCUT2D eigenvalue weighted by molar-refractivity contribution is 5.98. The zero-order valence-electron chi connectivity index (χ0n) is 16.8. The first-order valence-electron chi connectivity index (χ1n) is 9.48. The molecule has 0 aliphatic rings. The lowest BCUT2D eigenvalue weighted by atomic mass is 10.0. The van der Waals surface area contributed by atoms with Crippen molar-refractivity contribution >= 4 is 17.6 Å². The molecule has 3 aromatic carbocycles. The fourth-order valence-electron chi connectivity index (χ4n) is 2.79. The van der Waals surface area contributed by atoms with Crippen molar-refractivity contribution in [2.75, 3.05) is 19.0 Å². The molecule has 30 heavy (non-hydrogen) atoms. The van der Waals surface area contributed by atoms with Gasteiger partial charge in [-0.1, -0.05) is 48.5 Å². The monoisotopic (exact) mass is 405 g/mol. The number of ether oxygens (including phenoxy) is 3. The van der Waals surface area contributed by atoms with Gasteiger partial charge in [-0.05, 0) is 42.8 Å². The molecule has 0 aromatic heterocycles. The van der Waals surface area contributed by atoms with Crippen LogP contribution >= 0.6 is 0 Å². The standard InChI is InChI=1S/C24H23NO5/c1-17(30-23(26)16-29-20-14-12-19(28-2)13-15-20)24(27)25-22-11-7-6-10-21(22)18-8-4-3-5-9-18/h3-15,17H,16H2,1-2H3,(H,25,27)/t17-/m1/s1. The van der Waals surface area contributed by atoms with Crippen LogP contribution in [0.2, 0.25) is 0 Å². The molecule has 0 radical (unpaired) electrons. The number of carbonyl (C=O) groups excluding carboxylic acids is 2. The second-order valence-electron chi connectivity index (χ2n) is 6.50. The number of hydrogen-bond donors (Lipinski definition) is 1. The smallest absolute Gasteiger partial charge is 0.344 e. The average Bonchev–Trinajstić information content (AvgIpc) is 2.79. The van der Waals surface area contributed by atoms with Crippen molar-refractivity contribution in [3.05, 3.63) is 78.9 Å². The zero-order valence-corrected chi connectivity index (χ0v) is 16.8. The second kappa shape index (κ2) is 10.1. The summed E-state index contributed by atoms with van der Waals surface area (Å²) in [6.45, 7) is 1.22. The van der Waals surface area contributed by atoms with E-state index in [-0.39, 0.29) is 6.61 Å². The third-order valence-electron chi connectivity index (χ3n) is 4.36. The molecule has 0 saturated carbocycles. The lowest BCUT2D eigenvalue weighted by molar-refractivity contribution is -0.155. The van der Waals surface area contributed by atoms with E-state index in [4.69, 9.17) is 14.2 Å². The topological polar surface area (TPSA) is 73.9 Å². The van der Waals surface area contributed by atoms with Gasteiger partial charge in [-0.3, -0.25) is 4.79 Å². The van der Waals surface area contributed by atoms with Gasteiger partial charge in [0.2, 0.25) is 0 Å². The fourth-order valence-corrected chi connectivity index (χ4v) is 2.79. The number of methoxy groups -OCH3 is 1. The number of para-hydroxylation sites is 1. The minimum Gasteiger partial charge on any atom is -0.497 e. The molecule has 1 atom stereocenters. The lowest BCUT2D eigenvalue weighted by Crippen LogP contribution is -2.31. The summed E-state index contributed by atoms with van der Waals surface area (Å²) in [5, 5.41) is 2.83. The molecule has 0 aliphatic carbocycles. The average molecular weight is 405 g/mol. The second-order valence-corrected chi connectivity index (χ2v) is 6.50. The maximum Gasteiger partial charge on any atom is 0.344 e. The Morgan fingerprint density at radius 3 is 2.20 bits per heavy atom. The third kappa shape index (κ3) is 5.61. The Kier molecular flexibility index (Phi) is 7.05. The van der Waals surface area contributed by atoms with Gasteiger partial charge in [0.05, 0.1) is 7.11 Å². The Labute approximate surface area is 175 Å². The SMILES string of the molecule is COc1ccc(OCC(=O)O[C@H](C)C(=O)Nc2ccccc2-c2ccccc2)cc1. The third-order valence-corrected chi connectivity index (χ3v) is 4.36. The van der Waals surface area contributed by atoms with E-state index in [1.165, 1.54) is 6.92 Å². The number of rotatable bonds is 8. The Bertz CT molecular complexity index is 986. The van der Waals surface area contributed by atoms with E-state index in [0.717, 1.165) is 11.1 Å². The summed E-state index contributed by atoms with van der Waals surface area (Å²) in [5.74, 6) is 0.133. The number of amides is 1. The van der Waals surface area contributed by atoms with Gasteiger partial charge in [0, 0.05) is 11.3 Å². The van der Waals surface area contributed by atoms with Crippen LogP contribution in [0, 0.1) is 0 Å². The first-order chi connectivity index (χ1) is 14.6. The van der Waals surface area contributed by atoms with E-state index in [1.807, 2.05) is 54.6 Å². The van der Waals surface area contributed by atoms with Crippen molar-refractivity contribution in [3.63, 3.8) is 0 Å². The molecule has 0 aliphatic heterocycles. The molecule has 0 unspecified atom stereocenters. The van der Waals surface area contributed by atoms with Crippen molar-refractivity contribution in [2.45, 2.75) is 13.0 Å². The number of nitrogens with one attached hydrogen (secondary N) is 1. The van der Waals surface area contributed by atoms with Crippen LogP contribution in [-0.4, -0.2) is 31.7 Å². The minimum absolute atomic E-state index is 0.301. The number of esters is 1. The molecular weight excluding hydrogens is 382 g/mol. The maximum atomic E-state index is 12.5. The molecule has 0 spiro atoms. The summed E-state index contributed by atoms with van der Waals surface area (Å²) in [5.41, 5.74) is 2.50. The molecule has 154 valence electrons. The summed E-state index contributed by atoms with van der Waals surface area (Å²) in [7, 11) is 1.57. The molecule has 3 aromatic rings. The maximum absolute atomic E-state index is 12.5. The molecular formula is C24H23NO5. The Hall–Kier alpha value is -3.80. The van der Waals surface area contributed by atoms with Gasteiger partial charge in [0.1, 0.15) is 11.5 Å². The van der Waals surface area contributed by atoms with Gasteiger partial charge in [0.15, 0.2) is 12.7 Å². The van der Waals surface area contributed by atoms with Crippen molar-refractivity contribution in [3.8, 4) is 22.6 Å². The van der Waals surface area contributed by atoms with Gasteiger partial charge in [-0.2, -0.15) is 0 Å². The van der Waals surface area contributed by atoms with Crippen LogP contribution in [0.25, 0.3) is 11.1 Å². The molecule has 6 heteroatoms. The van der Waals surface area contributed by atoms with Crippen LogP contribution in [0.4, 0.5) is 5.69 Å². The molecule has 0 saturated heterocycles. The van der Waals surface area contributed by atoms with Crippen LogP contribution in [0.3, 0.4) is 0 Å². The zero-order chi connectivity index (χ0) is 21.3. The normalized spacial score (nSPS) is 11.3. The Morgan fingerprint density at radius 1 is 0.867 bits per heavy atom. The van der Waals surface area contributed by atoms with Crippen molar-refractivity contribution in [1.82, 2.24) is 0 Å². The fraction of sp³-hybridized carbons (Fsp3) is 0.167. The van der Waals surface area contributed by atoms with Crippen LogP contribution in [0.1, 0.15) is 6.92 Å². The van der Waals surface area contributed by atoms with E-state index in [2.05, 4.69) is 5.32 Å². The molecule has 3 rings (SSSR count). The first-order valence-corrected chi connectivity index (χ1v) is 9.48. The van der Waals surface area contributed by atoms with Crippen LogP contribution in [-0.2, 0) is 14.3 Å². The van der Waals surface area contributed by atoms with Crippen LogP contribution < -0.4 is 14.8 Å². The van der Waals surface area contributed by atoms with Gasteiger partial charge in [-0.15, -0.1) is 0 Å². The highest BCUT2D eigenvalue weighted by atomic mass is 16.6. The molecule has 0 bridgehead atoms. The number of anilines is 1.